The normalized spacial score (nSPS) is 20.4. The molecule has 0 unspecified atom stereocenters. The molecule has 1 aliphatic heterocycles. The number of rotatable bonds is 1. The summed E-state index contributed by atoms with van der Waals surface area (Å²) in [7, 11) is -3.48. The van der Waals surface area contributed by atoms with Crippen molar-refractivity contribution in [3.05, 3.63) is 64.1 Å². The van der Waals surface area contributed by atoms with Crippen LogP contribution in [0, 0.1) is 0 Å². The van der Waals surface area contributed by atoms with Crippen molar-refractivity contribution in [1.82, 2.24) is 0 Å². The number of hydrogen-bond donors (Lipinski definition) is 1. The van der Waals surface area contributed by atoms with Gasteiger partial charge in [0.15, 0.2) is 0 Å². The van der Waals surface area contributed by atoms with E-state index in [1.54, 1.807) is 18.2 Å². The Balaban J connectivity index is 2.25. The van der Waals surface area contributed by atoms with Crippen molar-refractivity contribution in [2.24, 2.45) is 0 Å². The van der Waals surface area contributed by atoms with Crippen molar-refractivity contribution in [1.29, 1.82) is 0 Å². The van der Waals surface area contributed by atoms with Crippen LogP contribution in [0.15, 0.2) is 63.4 Å². The first-order valence-corrected chi connectivity index (χ1v) is 7.65. The van der Waals surface area contributed by atoms with Gasteiger partial charge in [-0.2, -0.15) is 0 Å². The molecule has 1 aromatic carbocycles. The number of hydrogen-bond acceptors (Lipinski definition) is 3. The van der Waals surface area contributed by atoms with Crippen LogP contribution in [0.2, 0.25) is 0 Å². The molecule has 1 N–H and O–H groups in total. The van der Waals surface area contributed by atoms with Crippen molar-refractivity contribution in [2.45, 2.75) is 17.7 Å². The first-order valence-electron chi connectivity index (χ1n) is 6.17. The topological polar surface area (TPSA) is 54.4 Å². The Morgan fingerprint density at radius 1 is 1.11 bits per heavy atom. The van der Waals surface area contributed by atoms with Crippen molar-refractivity contribution >= 4 is 9.84 Å². The minimum atomic E-state index is -3.48. The second-order valence-corrected chi connectivity index (χ2v) is 6.58. The molecule has 1 aliphatic carbocycles. The molecule has 0 radical (unpaired) electrons. The van der Waals surface area contributed by atoms with Gasteiger partial charge in [-0.05, 0) is 41.7 Å². The van der Waals surface area contributed by atoms with Crippen LogP contribution in [-0.4, -0.2) is 20.1 Å². The van der Waals surface area contributed by atoms with Crippen LogP contribution < -0.4 is 0 Å². The molecule has 0 aromatic heterocycles. The van der Waals surface area contributed by atoms with Crippen LogP contribution in [0.5, 0.6) is 0 Å². The van der Waals surface area contributed by atoms with Gasteiger partial charge in [0.05, 0.1) is 16.4 Å². The van der Waals surface area contributed by atoms with E-state index in [9.17, 15) is 13.5 Å². The van der Waals surface area contributed by atoms with E-state index in [4.69, 9.17) is 0 Å². The van der Waals surface area contributed by atoms with Gasteiger partial charge < -0.3 is 5.11 Å². The molecule has 19 heavy (non-hydrogen) atoms. The van der Waals surface area contributed by atoms with Gasteiger partial charge in [-0.25, -0.2) is 8.42 Å². The molecule has 1 aromatic rings. The van der Waals surface area contributed by atoms with Crippen molar-refractivity contribution in [3.8, 4) is 0 Å². The third-order valence-electron chi connectivity index (χ3n) is 3.52. The van der Waals surface area contributed by atoms with E-state index in [0.717, 1.165) is 11.1 Å². The predicted octanol–water partition coefficient (Wildman–Crippen LogP) is 2.15. The van der Waals surface area contributed by atoms with Crippen LogP contribution in [-0.2, 0) is 16.3 Å². The van der Waals surface area contributed by atoms with Gasteiger partial charge in [0.2, 0.25) is 9.84 Å². The van der Waals surface area contributed by atoms with E-state index >= 15 is 0 Å². The highest BCUT2D eigenvalue weighted by molar-refractivity contribution is 7.95. The second kappa shape index (κ2) is 4.47. The van der Waals surface area contributed by atoms with Gasteiger partial charge in [0.25, 0.3) is 0 Å². The summed E-state index contributed by atoms with van der Waals surface area (Å²) in [5, 5.41) is 9.19. The fourth-order valence-corrected chi connectivity index (χ4v) is 4.30. The van der Waals surface area contributed by atoms with Gasteiger partial charge in [-0.1, -0.05) is 30.4 Å². The Morgan fingerprint density at radius 2 is 1.89 bits per heavy atom. The van der Waals surface area contributed by atoms with Crippen LogP contribution in [0.25, 0.3) is 0 Å². The van der Waals surface area contributed by atoms with Crippen molar-refractivity contribution < 1.29 is 13.5 Å². The number of fused-ring (bicyclic) bond motifs is 2. The second-order valence-electron chi connectivity index (χ2n) is 4.69. The largest absolute Gasteiger partial charge is 0.392 e. The molecule has 0 bridgehead atoms. The zero-order valence-corrected chi connectivity index (χ0v) is 11.2. The van der Waals surface area contributed by atoms with E-state index in [-0.39, 0.29) is 6.61 Å². The standard InChI is InChI=1S/C15H14O3S/c16-10-11-5-6-13-8-7-12-3-1-2-4-14(12)19(17,18)15(13)9-11/h1-5,8-9,16H,6-7,10H2. The maximum absolute atomic E-state index is 12.7. The predicted molar refractivity (Wildman–Crippen MR) is 73.3 cm³/mol. The number of aliphatic hydroxyl groups is 1. The lowest BCUT2D eigenvalue weighted by atomic mass is 10.0. The van der Waals surface area contributed by atoms with Gasteiger partial charge in [0, 0.05) is 0 Å². The minimum absolute atomic E-state index is 0.131. The third kappa shape index (κ3) is 1.97. The number of sulfone groups is 1. The highest BCUT2D eigenvalue weighted by atomic mass is 32.2. The summed E-state index contributed by atoms with van der Waals surface area (Å²) in [6.07, 6.45) is 6.63. The minimum Gasteiger partial charge on any atom is -0.392 e. The molecule has 1 heterocycles. The molecular formula is C15H14O3S. The fourth-order valence-electron chi connectivity index (χ4n) is 2.49. The summed E-state index contributed by atoms with van der Waals surface area (Å²) in [6, 6.07) is 7.10. The summed E-state index contributed by atoms with van der Waals surface area (Å²) in [5.41, 5.74) is 2.32. The molecule has 0 fully saturated rings. The smallest absolute Gasteiger partial charge is 0.207 e. The van der Waals surface area contributed by atoms with Crippen molar-refractivity contribution in [2.75, 3.05) is 6.61 Å². The van der Waals surface area contributed by atoms with Gasteiger partial charge in [-0.3, -0.25) is 0 Å². The van der Waals surface area contributed by atoms with Crippen molar-refractivity contribution in [3.63, 3.8) is 0 Å². The van der Waals surface area contributed by atoms with E-state index in [0.29, 0.717) is 28.2 Å². The molecule has 2 aliphatic rings. The lowest BCUT2D eigenvalue weighted by Gasteiger charge is -2.15. The molecular weight excluding hydrogens is 260 g/mol. The maximum atomic E-state index is 12.7. The Kier molecular flexibility index (Phi) is 2.92. The van der Waals surface area contributed by atoms with Gasteiger partial charge in [0.1, 0.15) is 0 Å². The van der Waals surface area contributed by atoms with Crippen LogP contribution >= 0.6 is 0 Å². The highest BCUT2D eigenvalue weighted by Crippen LogP contribution is 2.36. The summed E-state index contributed by atoms with van der Waals surface area (Å²) in [4.78, 5) is 0.718. The molecule has 98 valence electrons. The quantitative estimate of drug-likeness (QED) is 0.853. The number of allylic oxidation sites excluding steroid dienone is 3. The van der Waals surface area contributed by atoms with Gasteiger partial charge >= 0.3 is 0 Å². The molecule has 0 saturated carbocycles. The SMILES string of the molecule is O=S1(=O)C2=CC(CO)=CCC2=CCc2ccccc21. The Bertz CT molecular complexity index is 722. The molecule has 0 atom stereocenters. The summed E-state index contributed by atoms with van der Waals surface area (Å²) in [5.74, 6) is 0. The monoisotopic (exact) mass is 274 g/mol. The average molecular weight is 274 g/mol. The highest BCUT2D eigenvalue weighted by Gasteiger charge is 2.29. The summed E-state index contributed by atoms with van der Waals surface area (Å²) >= 11 is 0. The van der Waals surface area contributed by atoms with E-state index in [1.807, 2.05) is 24.3 Å². The number of benzene rings is 1. The van der Waals surface area contributed by atoms with E-state index in [1.165, 1.54) is 0 Å². The third-order valence-corrected chi connectivity index (χ3v) is 5.46. The zero-order chi connectivity index (χ0) is 13.5. The Hall–Kier alpha value is -1.65. The first kappa shape index (κ1) is 12.4. The van der Waals surface area contributed by atoms with Crippen LogP contribution in [0.1, 0.15) is 12.0 Å². The lowest BCUT2D eigenvalue weighted by molar-refractivity contribution is 0.334. The molecule has 0 spiro atoms. The molecule has 4 heteroatoms. The number of aliphatic hydroxyl groups excluding tert-OH is 1. The molecule has 0 saturated heterocycles. The molecule has 3 rings (SSSR count). The average Bonchev–Trinajstić information content (AvgIpc) is 2.55. The molecule has 0 amide bonds. The maximum Gasteiger partial charge on any atom is 0.207 e. The Labute approximate surface area is 112 Å². The van der Waals surface area contributed by atoms with Crippen LogP contribution in [0.3, 0.4) is 0 Å². The lowest BCUT2D eigenvalue weighted by Crippen LogP contribution is -2.10. The van der Waals surface area contributed by atoms with E-state index < -0.39 is 9.84 Å². The van der Waals surface area contributed by atoms with Gasteiger partial charge in [-0.15, -0.1) is 0 Å². The first-order chi connectivity index (χ1) is 9.13. The molecule has 3 nitrogen and oxygen atoms in total. The zero-order valence-electron chi connectivity index (χ0n) is 10.3. The summed E-state index contributed by atoms with van der Waals surface area (Å²) < 4.78 is 25.4. The van der Waals surface area contributed by atoms with Crippen LogP contribution in [0.4, 0.5) is 0 Å². The Morgan fingerprint density at radius 3 is 2.68 bits per heavy atom. The fraction of sp³-hybridized carbons (Fsp3) is 0.200. The summed E-state index contributed by atoms with van der Waals surface area (Å²) in [6.45, 7) is -0.131. The van der Waals surface area contributed by atoms with E-state index in [2.05, 4.69) is 0 Å².